The number of halogens is 1. The van der Waals surface area contributed by atoms with Gasteiger partial charge in [-0.2, -0.15) is 0 Å². The molecule has 166 valence electrons. The Labute approximate surface area is 193 Å². The molecule has 32 heavy (non-hydrogen) atoms. The number of sulfonamides is 1. The van der Waals surface area contributed by atoms with Crippen molar-refractivity contribution in [3.63, 3.8) is 0 Å². The summed E-state index contributed by atoms with van der Waals surface area (Å²) in [6.07, 6.45) is 3.34. The summed E-state index contributed by atoms with van der Waals surface area (Å²) >= 11 is 6.26. The number of hydrogen-bond acceptors (Lipinski definition) is 3. The van der Waals surface area contributed by atoms with Gasteiger partial charge in [0.2, 0.25) is 0 Å². The Morgan fingerprint density at radius 3 is 2.44 bits per heavy atom. The third-order valence-corrected chi connectivity index (χ3v) is 7.49. The van der Waals surface area contributed by atoms with Crippen LogP contribution in [0.25, 0.3) is 0 Å². The third kappa shape index (κ3) is 4.81. The average Bonchev–Trinajstić information content (AvgIpc) is 3.23. The van der Waals surface area contributed by atoms with E-state index in [9.17, 15) is 13.2 Å². The van der Waals surface area contributed by atoms with Gasteiger partial charge in [0.25, 0.3) is 15.9 Å². The number of aryl methyl sites for hydroxylation is 3. The first kappa shape index (κ1) is 22.4. The summed E-state index contributed by atoms with van der Waals surface area (Å²) < 4.78 is 27.9. The van der Waals surface area contributed by atoms with Crippen molar-refractivity contribution in [2.45, 2.75) is 44.0 Å². The maximum Gasteiger partial charge on any atom is 0.261 e. The molecule has 1 unspecified atom stereocenters. The maximum atomic E-state index is 12.9. The van der Waals surface area contributed by atoms with Gasteiger partial charge in [0.05, 0.1) is 21.5 Å². The molecule has 1 amide bonds. The number of carbonyl (C=O) groups is 1. The first-order valence-electron chi connectivity index (χ1n) is 10.5. The Balaban J connectivity index is 1.51. The van der Waals surface area contributed by atoms with Gasteiger partial charge in [-0.1, -0.05) is 47.5 Å². The van der Waals surface area contributed by atoms with E-state index in [0.29, 0.717) is 0 Å². The zero-order valence-corrected chi connectivity index (χ0v) is 19.6. The van der Waals surface area contributed by atoms with Crippen LogP contribution in [0.5, 0.6) is 0 Å². The van der Waals surface area contributed by atoms with E-state index in [0.717, 1.165) is 24.0 Å². The van der Waals surface area contributed by atoms with Gasteiger partial charge in [-0.25, -0.2) is 8.42 Å². The SMILES string of the molecule is Cc1ccc(S(=O)(=O)Nc2ccc(Cl)c(C(=O)NC(C)c3ccc4c(c3)CCC4)c2)cc1. The molecule has 0 saturated heterocycles. The number of fused-ring (bicyclic) bond motifs is 1. The minimum atomic E-state index is -3.78. The number of hydrogen-bond donors (Lipinski definition) is 2. The second-order valence-corrected chi connectivity index (χ2v) is 10.3. The summed E-state index contributed by atoms with van der Waals surface area (Å²) in [5.41, 5.74) is 5.20. The Morgan fingerprint density at radius 2 is 1.69 bits per heavy atom. The van der Waals surface area contributed by atoms with Crippen molar-refractivity contribution in [3.05, 3.63) is 93.5 Å². The molecule has 0 radical (unpaired) electrons. The number of nitrogens with one attached hydrogen (secondary N) is 2. The van der Waals surface area contributed by atoms with Crippen LogP contribution in [0.4, 0.5) is 5.69 Å². The summed E-state index contributed by atoms with van der Waals surface area (Å²) in [6, 6.07) is 17.2. The van der Waals surface area contributed by atoms with E-state index in [1.54, 1.807) is 24.3 Å². The second-order valence-electron chi connectivity index (χ2n) is 8.19. The van der Waals surface area contributed by atoms with Crippen molar-refractivity contribution < 1.29 is 13.2 Å². The fourth-order valence-electron chi connectivity index (χ4n) is 3.91. The molecule has 4 rings (SSSR count). The number of anilines is 1. The molecule has 2 N–H and O–H groups in total. The summed E-state index contributed by atoms with van der Waals surface area (Å²) in [4.78, 5) is 13.1. The van der Waals surface area contributed by atoms with Crippen LogP contribution in [-0.4, -0.2) is 14.3 Å². The normalized spacial score (nSPS) is 14.0. The van der Waals surface area contributed by atoms with Crippen molar-refractivity contribution in [2.24, 2.45) is 0 Å². The quantitative estimate of drug-likeness (QED) is 0.506. The zero-order chi connectivity index (χ0) is 22.9. The fourth-order valence-corrected chi connectivity index (χ4v) is 5.17. The third-order valence-electron chi connectivity index (χ3n) is 5.76. The zero-order valence-electron chi connectivity index (χ0n) is 18.0. The lowest BCUT2D eigenvalue weighted by Gasteiger charge is -2.17. The highest BCUT2D eigenvalue weighted by Crippen LogP contribution is 2.27. The van der Waals surface area contributed by atoms with Gasteiger partial charge in [0.1, 0.15) is 0 Å². The number of amides is 1. The standard InChI is InChI=1S/C25H25ClN2O3S/c1-16-6-11-22(12-7-16)32(30,31)28-21-10-13-24(26)23(15-21)25(29)27-17(2)19-9-8-18-4-3-5-20(18)14-19/h6-15,17,28H,3-5H2,1-2H3,(H,27,29). The molecule has 1 aliphatic rings. The Bertz CT molecular complexity index is 1270. The lowest BCUT2D eigenvalue weighted by molar-refractivity contribution is 0.0940. The molecule has 7 heteroatoms. The molecule has 1 atom stereocenters. The molecule has 0 saturated carbocycles. The highest BCUT2D eigenvalue weighted by atomic mass is 35.5. The maximum absolute atomic E-state index is 12.9. The highest BCUT2D eigenvalue weighted by Gasteiger charge is 2.19. The van der Waals surface area contributed by atoms with Crippen LogP contribution in [0.3, 0.4) is 0 Å². The van der Waals surface area contributed by atoms with Gasteiger partial charge in [-0.05, 0) is 80.1 Å². The van der Waals surface area contributed by atoms with Gasteiger partial charge in [-0.15, -0.1) is 0 Å². The van der Waals surface area contributed by atoms with Crippen molar-refractivity contribution in [1.82, 2.24) is 5.32 Å². The Hall–Kier alpha value is -2.83. The molecule has 0 spiro atoms. The first-order chi connectivity index (χ1) is 15.2. The van der Waals surface area contributed by atoms with Crippen LogP contribution in [0.15, 0.2) is 65.6 Å². The lowest BCUT2D eigenvalue weighted by atomic mass is 10.0. The molecule has 0 aliphatic heterocycles. The number of benzene rings is 3. The minimum Gasteiger partial charge on any atom is -0.345 e. The van der Waals surface area contributed by atoms with Crippen molar-refractivity contribution >= 4 is 33.2 Å². The van der Waals surface area contributed by atoms with Crippen molar-refractivity contribution in [1.29, 1.82) is 0 Å². The van der Waals surface area contributed by atoms with Crippen LogP contribution in [-0.2, 0) is 22.9 Å². The molecule has 3 aromatic carbocycles. The number of rotatable bonds is 6. The average molecular weight is 469 g/mol. The molecule has 3 aromatic rings. The topological polar surface area (TPSA) is 75.3 Å². The molecule has 0 aromatic heterocycles. The molecule has 0 fully saturated rings. The monoisotopic (exact) mass is 468 g/mol. The van der Waals surface area contributed by atoms with Crippen LogP contribution in [0.2, 0.25) is 5.02 Å². The molecule has 0 bridgehead atoms. The summed E-state index contributed by atoms with van der Waals surface area (Å²) in [6.45, 7) is 3.81. The van der Waals surface area contributed by atoms with Crippen molar-refractivity contribution in [3.8, 4) is 0 Å². The van der Waals surface area contributed by atoms with Gasteiger partial charge in [0, 0.05) is 5.69 Å². The lowest BCUT2D eigenvalue weighted by Crippen LogP contribution is -2.27. The van der Waals surface area contributed by atoms with Crippen molar-refractivity contribution in [2.75, 3.05) is 4.72 Å². The van der Waals surface area contributed by atoms with E-state index < -0.39 is 10.0 Å². The molecule has 0 heterocycles. The van der Waals surface area contributed by atoms with Crippen LogP contribution in [0, 0.1) is 6.92 Å². The van der Waals surface area contributed by atoms with Gasteiger partial charge in [0.15, 0.2) is 0 Å². The van der Waals surface area contributed by atoms with E-state index in [1.807, 2.05) is 19.9 Å². The molecule has 5 nitrogen and oxygen atoms in total. The van der Waals surface area contributed by atoms with Gasteiger partial charge < -0.3 is 5.32 Å². The van der Waals surface area contributed by atoms with E-state index in [2.05, 4.69) is 22.2 Å². The highest BCUT2D eigenvalue weighted by molar-refractivity contribution is 7.92. The molecular weight excluding hydrogens is 444 g/mol. The summed E-state index contributed by atoms with van der Waals surface area (Å²) in [7, 11) is -3.78. The number of carbonyl (C=O) groups excluding carboxylic acids is 1. The molecular formula is C25H25ClN2O3S. The fraction of sp³-hybridized carbons (Fsp3) is 0.240. The largest absolute Gasteiger partial charge is 0.345 e. The van der Waals surface area contributed by atoms with E-state index >= 15 is 0 Å². The summed E-state index contributed by atoms with van der Waals surface area (Å²) in [5, 5.41) is 3.22. The molecule has 1 aliphatic carbocycles. The predicted molar refractivity (Wildman–Crippen MR) is 128 cm³/mol. The summed E-state index contributed by atoms with van der Waals surface area (Å²) in [5.74, 6) is -0.362. The van der Waals surface area contributed by atoms with E-state index in [4.69, 9.17) is 11.6 Å². The van der Waals surface area contributed by atoms with E-state index in [-0.39, 0.29) is 33.1 Å². The van der Waals surface area contributed by atoms with Crippen LogP contribution in [0.1, 0.15) is 52.0 Å². The first-order valence-corrected chi connectivity index (χ1v) is 12.4. The predicted octanol–water partition coefficient (Wildman–Crippen LogP) is 5.43. The smallest absolute Gasteiger partial charge is 0.261 e. The second kappa shape index (κ2) is 8.96. The Morgan fingerprint density at radius 1 is 0.969 bits per heavy atom. The van der Waals surface area contributed by atoms with Crippen LogP contribution >= 0.6 is 11.6 Å². The Kier molecular flexibility index (Phi) is 6.26. The minimum absolute atomic E-state index is 0.147. The van der Waals surface area contributed by atoms with Crippen LogP contribution < -0.4 is 10.0 Å². The van der Waals surface area contributed by atoms with Gasteiger partial charge >= 0.3 is 0 Å². The van der Waals surface area contributed by atoms with E-state index in [1.165, 1.54) is 35.7 Å². The van der Waals surface area contributed by atoms with Gasteiger partial charge in [-0.3, -0.25) is 9.52 Å².